The highest BCUT2D eigenvalue weighted by atomic mass is 32.2. The molecule has 3 heterocycles. The van der Waals surface area contributed by atoms with Crippen LogP contribution in [0.25, 0.3) is 10.2 Å². The van der Waals surface area contributed by atoms with E-state index in [1.807, 2.05) is 18.4 Å². The Balaban J connectivity index is 1.66. The molecule has 0 aromatic carbocycles. The number of hydrogen-bond donors (Lipinski definition) is 1. The van der Waals surface area contributed by atoms with Crippen LogP contribution in [0.3, 0.4) is 0 Å². The van der Waals surface area contributed by atoms with E-state index in [1.54, 1.807) is 4.57 Å². The molecule has 6 nitrogen and oxygen atoms in total. The van der Waals surface area contributed by atoms with Crippen molar-refractivity contribution >= 4 is 39.2 Å². The van der Waals surface area contributed by atoms with Crippen molar-refractivity contribution in [2.75, 3.05) is 18.9 Å². The maximum absolute atomic E-state index is 12.5. The number of thiophene rings is 1. The van der Waals surface area contributed by atoms with Crippen molar-refractivity contribution in [3.8, 4) is 0 Å². The summed E-state index contributed by atoms with van der Waals surface area (Å²) < 4.78 is 7.85. The Morgan fingerprint density at radius 3 is 3.21 bits per heavy atom. The smallest absolute Gasteiger partial charge is 0.272 e. The predicted octanol–water partition coefficient (Wildman–Crippen LogP) is 2.26. The van der Waals surface area contributed by atoms with Crippen LogP contribution in [0.4, 0.5) is 0 Å². The van der Waals surface area contributed by atoms with Crippen molar-refractivity contribution in [3.63, 3.8) is 0 Å². The number of aromatic nitrogens is 2. The second-order valence-corrected chi connectivity index (χ2v) is 7.57. The molecule has 1 unspecified atom stereocenters. The fourth-order valence-corrected chi connectivity index (χ4v) is 4.30. The highest BCUT2D eigenvalue weighted by Crippen LogP contribution is 2.21. The summed E-state index contributed by atoms with van der Waals surface area (Å²) in [4.78, 5) is 29.1. The van der Waals surface area contributed by atoms with Crippen LogP contribution in [0.1, 0.15) is 26.2 Å². The van der Waals surface area contributed by atoms with Gasteiger partial charge in [-0.3, -0.25) is 14.2 Å². The number of nitrogens with zero attached hydrogens (tertiary/aromatic N) is 2. The van der Waals surface area contributed by atoms with Crippen molar-refractivity contribution in [1.29, 1.82) is 0 Å². The summed E-state index contributed by atoms with van der Waals surface area (Å²) in [6.45, 7) is 3.97. The molecule has 0 saturated carbocycles. The SMILES string of the molecule is CCCn1c(SCC(=O)NCC2CCCO2)nc2ccsc2c1=O. The van der Waals surface area contributed by atoms with Crippen LogP contribution >= 0.6 is 23.1 Å². The van der Waals surface area contributed by atoms with Crippen LogP contribution in [0.5, 0.6) is 0 Å². The van der Waals surface area contributed by atoms with Gasteiger partial charge in [0.15, 0.2) is 5.16 Å². The number of nitrogens with one attached hydrogen (secondary N) is 1. The van der Waals surface area contributed by atoms with Crippen LogP contribution in [-0.4, -0.2) is 40.5 Å². The first-order valence-electron chi connectivity index (χ1n) is 8.18. The van der Waals surface area contributed by atoms with Gasteiger partial charge in [0, 0.05) is 19.7 Å². The van der Waals surface area contributed by atoms with E-state index in [0.29, 0.717) is 28.5 Å². The Morgan fingerprint density at radius 1 is 1.58 bits per heavy atom. The summed E-state index contributed by atoms with van der Waals surface area (Å²) in [7, 11) is 0. The number of thioether (sulfide) groups is 1. The fourth-order valence-electron chi connectivity index (χ4n) is 2.67. The Morgan fingerprint density at radius 2 is 2.46 bits per heavy atom. The molecule has 0 aliphatic carbocycles. The molecule has 0 radical (unpaired) electrons. The van der Waals surface area contributed by atoms with Crippen LogP contribution < -0.4 is 10.9 Å². The lowest BCUT2D eigenvalue weighted by Crippen LogP contribution is -2.33. The van der Waals surface area contributed by atoms with Crippen molar-refractivity contribution < 1.29 is 9.53 Å². The van der Waals surface area contributed by atoms with Gasteiger partial charge in [0.25, 0.3) is 5.56 Å². The number of carbonyl (C=O) groups excluding carboxylic acids is 1. The average molecular weight is 367 g/mol. The lowest BCUT2D eigenvalue weighted by Gasteiger charge is -2.12. The third-order valence-corrected chi connectivity index (χ3v) is 5.73. The van der Waals surface area contributed by atoms with Crippen molar-refractivity contribution in [3.05, 3.63) is 21.8 Å². The number of carbonyl (C=O) groups is 1. The summed E-state index contributed by atoms with van der Waals surface area (Å²) in [6.07, 6.45) is 3.04. The lowest BCUT2D eigenvalue weighted by atomic mass is 10.2. The Hall–Kier alpha value is -1.38. The molecule has 2 aromatic heterocycles. The minimum Gasteiger partial charge on any atom is -0.376 e. The largest absolute Gasteiger partial charge is 0.376 e. The molecule has 8 heteroatoms. The molecule has 1 amide bonds. The van der Waals surface area contributed by atoms with Crippen molar-refractivity contribution in [2.45, 2.75) is 44.0 Å². The summed E-state index contributed by atoms with van der Waals surface area (Å²) in [6, 6.07) is 1.85. The van der Waals surface area contributed by atoms with Gasteiger partial charge in [-0.2, -0.15) is 0 Å². The minimum atomic E-state index is -0.0572. The third-order valence-electron chi connectivity index (χ3n) is 3.86. The van der Waals surface area contributed by atoms with E-state index in [-0.39, 0.29) is 23.3 Å². The molecule has 0 bridgehead atoms. The van der Waals surface area contributed by atoms with Crippen LogP contribution in [-0.2, 0) is 16.1 Å². The summed E-state index contributed by atoms with van der Waals surface area (Å²) >= 11 is 2.72. The van der Waals surface area contributed by atoms with E-state index in [1.165, 1.54) is 23.1 Å². The molecule has 130 valence electrons. The van der Waals surface area contributed by atoms with E-state index in [0.717, 1.165) is 25.9 Å². The summed E-state index contributed by atoms with van der Waals surface area (Å²) in [5, 5.41) is 5.38. The maximum atomic E-state index is 12.5. The molecule has 3 rings (SSSR count). The van der Waals surface area contributed by atoms with Gasteiger partial charge < -0.3 is 10.1 Å². The Kier molecular flexibility index (Phi) is 5.91. The van der Waals surface area contributed by atoms with Gasteiger partial charge in [0.1, 0.15) is 4.70 Å². The van der Waals surface area contributed by atoms with Gasteiger partial charge >= 0.3 is 0 Å². The monoisotopic (exact) mass is 367 g/mol. The highest BCUT2D eigenvalue weighted by Gasteiger charge is 2.17. The number of amides is 1. The van der Waals surface area contributed by atoms with Crippen molar-refractivity contribution in [2.24, 2.45) is 0 Å². The predicted molar refractivity (Wildman–Crippen MR) is 96.9 cm³/mol. The molecule has 1 saturated heterocycles. The Labute approximate surface area is 148 Å². The quantitative estimate of drug-likeness (QED) is 0.600. The molecule has 1 fully saturated rings. The normalized spacial score (nSPS) is 17.5. The summed E-state index contributed by atoms with van der Waals surface area (Å²) in [5.41, 5.74) is 0.693. The van der Waals surface area contributed by atoms with Gasteiger partial charge in [0.2, 0.25) is 5.91 Å². The van der Waals surface area contributed by atoms with Crippen LogP contribution in [0.15, 0.2) is 21.4 Å². The molecule has 0 spiro atoms. The molecule has 1 N–H and O–H groups in total. The molecule has 1 aliphatic heterocycles. The van der Waals surface area contributed by atoms with E-state index >= 15 is 0 Å². The van der Waals surface area contributed by atoms with E-state index in [9.17, 15) is 9.59 Å². The molecular formula is C16H21N3O3S2. The van der Waals surface area contributed by atoms with Crippen LogP contribution in [0.2, 0.25) is 0 Å². The number of hydrogen-bond acceptors (Lipinski definition) is 6. The highest BCUT2D eigenvalue weighted by molar-refractivity contribution is 7.99. The molecule has 24 heavy (non-hydrogen) atoms. The zero-order valence-corrected chi connectivity index (χ0v) is 15.3. The zero-order chi connectivity index (χ0) is 16.9. The van der Waals surface area contributed by atoms with E-state index in [2.05, 4.69) is 10.3 Å². The van der Waals surface area contributed by atoms with Gasteiger partial charge in [0.05, 0.1) is 17.4 Å². The first-order chi connectivity index (χ1) is 11.7. The average Bonchev–Trinajstić information content (AvgIpc) is 3.25. The number of fused-ring (bicyclic) bond motifs is 1. The first-order valence-corrected chi connectivity index (χ1v) is 10.0. The second kappa shape index (κ2) is 8.13. The van der Waals surface area contributed by atoms with Crippen molar-refractivity contribution in [1.82, 2.24) is 14.9 Å². The Bertz CT molecular complexity index is 766. The summed E-state index contributed by atoms with van der Waals surface area (Å²) in [5.74, 6) is 0.191. The van der Waals surface area contributed by atoms with E-state index in [4.69, 9.17) is 4.74 Å². The lowest BCUT2D eigenvalue weighted by molar-refractivity contribution is -0.119. The molecule has 1 aliphatic rings. The van der Waals surface area contributed by atoms with Crippen LogP contribution in [0, 0.1) is 0 Å². The van der Waals surface area contributed by atoms with Gasteiger partial charge in [-0.05, 0) is 30.7 Å². The van der Waals surface area contributed by atoms with Gasteiger partial charge in [-0.25, -0.2) is 4.98 Å². The standard InChI is InChI=1S/C16H21N3O3S2/c1-2-6-19-15(21)14-12(5-8-23-14)18-16(19)24-10-13(20)17-9-11-4-3-7-22-11/h5,8,11H,2-4,6-7,9-10H2,1H3,(H,17,20). The fraction of sp³-hybridized carbons (Fsp3) is 0.562. The van der Waals surface area contributed by atoms with Gasteiger partial charge in [-0.15, -0.1) is 11.3 Å². The maximum Gasteiger partial charge on any atom is 0.272 e. The second-order valence-electron chi connectivity index (χ2n) is 5.71. The number of rotatable bonds is 7. The number of ether oxygens (including phenoxy) is 1. The topological polar surface area (TPSA) is 73.2 Å². The zero-order valence-electron chi connectivity index (χ0n) is 13.6. The molecule has 1 atom stereocenters. The first kappa shape index (κ1) is 17.4. The molecule has 2 aromatic rings. The minimum absolute atomic E-state index is 0.0147. The van der Waals surface area contributed by atoms with Gasteiger partial charge in [-0.1, -0.05) is 18.7 Å². The van der Waals surface area contributed by atoms with E-state index < -0.39 is 0 Å². The third kappa shape index (κ3) is 3.99. The molecular weight excluding hydrogens is 346 g/mol.